The zero-order valence-electron chi connectivity index (χ0n) is 12.2. The van der Waals surface area contributed by atoms with Crippen LogP contribution in [-0.2, 0) is 23.0 Å². The summed E-state index contributed by atoms with van der Waals surface area (Å²) in [4.78, 5) is 1.08. The maximum absolute atomic E-state index is 12.5. The molecule has 0 aromatic carbocycles. The van der Waals surface area contributed by atoms with Gasteiger partial charge in [0, 0.05) is 24.0 Å². The zero-order valence-corrected chi connectivity index (χ0v) is 13.8. The predicted octanol–water partition coefficient (Wildman–Crippen LogP) is 2.31. The van der Waals surface area contributed by atoms with Crippen LogP contribution >= 0.6 is 11.3 Å². The summed E-state index contributed by atoms with van der Waals surface area (Å²) in [5.41, 5.74) is 0.838. The molecular weight excluding hydrogens is 308 g/mol. The van der Waals surface area contributed by atoms with Gasteiger partial charge in [-0.2, -0.15) is 4.31 Å². The Bertz CT molecular complexity index is 648. The Morgan fingerprint density at radius 2 is 2.14 bits per heavy atom. The monoisotopic (exact) mass is 328 g/mol. The highest BCUT2D eigenvalue weighted by Crippen LogP contribution is 2.25. The number of likely N-dealkylation sites (N-methyl/N-ethyl adjacent to an activating group) is 1. The molecule has 0 atom stereocenters. The molecule has 116 valence electrons. The quantitative estimate of drug-likeness (QED) is 0.755. The van der Waals surface area contributed by atoms with Gasteiger partial charge in [-0.15, -0.1) is 11.3 Å². The minimum atomic E-state index is -3.44. The van der Waals surface area contributed by atoms with Crippen LogP contribution in [0.5, 0.6) is 0 Å². The number of hydrogen-bond acceptors (Lipinski definition) is 5. The van der Waals surface area contributed by atoms with Crippen molar-refractivity contribution in [1.82, 2.24) is 9.62 Å². The number of nitrogens with zero attached hydrogens (tertiary/aromatic N) is 1. The van der Waals surface area contributed by atoms with E-state index in [9.17, 15) is 8.42 Å². The third-order valence-corrected chi connectivity index (χ3v) is 6.50. The number of nitrogens with one attached hydrogen (secondary N) is 1. The molecule has 2 aromatic rings. The van der Waals surface area contributed by atoms with Crippen LogP contribution in [-0.4, -0.2) is 32.9 Å². The number of hydrogen-bond donors (Lipinski definition) is 1. The summed E-state index contributed by atoms with van der Waals surface area (Å²) in [6.07, 6.45) is 3.95. The van der Waals surface area contributed by atoms with E-state index >= 15 is 0 Å². The first-order chi connectivity index (χ1) is 10.0. The van der Waals surface area contributed by atoms with E-state index < -0.39 is 10.0 Å². The van der Waals surface area contributed by atoms with Crippen molar-refractivity contribution in [2.24, 2.45) is 0 Å². The maximum Gasteiger partial charge on any atom is 0.252 e. The molecule has 0 amide bonds. The highest BCUT2D eigenvalue weighted by molar-refractivity contribution is 7.91. The van der Waals surface area contributed by atoms with Gasteiger partial charge in [0.2, 0.25) is 0 Å². The molecule has 0 aliphatic rings. The van der Waals surface area contributed by atoms with Gasteiger partial charge < -0.3 is 9.73 Å². The van der Waals surface area contributed by atoms with E-state index in [1.807, 2.05) is 6.07 Å². The third-order valence-electron chi connectivity index (χ3n) is 3.09. The fourth-order valence-electron chi connectivity index (χ4n) is 1.90. The highest BCUT2D eigenvalue weighted by Gasteiger charge is 2.23. The lowest BCUT2D eigenvalue weighted by Gasteiger charge is -2.14. The Hall–Kier alpha value is -1.15. The molecule has 2 heterocycles. The molecule has 0 aliphatic carbocycles. The standard InChI is InChI=1S/C14H20N2O3S2/c1-3-15-8-6-13-4-5-14(20-13)21(17,18)16(2)10-12-7-9-19-11-12/h4-5,7,9,11,15H,3,6,8,10H2,1-2H3. The lowest BCUT2D eigenvalue weighted by atomic mass is 10.3. The Kier molecular flexibility index (Phi) is 5.58. The first-order valence-corrected chi connectivity index (χ1v) is 9.06. The van der Waals surface area contributed by atoms with E-state index in [0.29, 0.717) is 10.8 Å². The summed E-state index contributed by atoms with van der Waals surface area (Å²) in [6.45, 7) is 4.14. The first-order valence-electron chi connectivity index (χ1n) is 6.81. The molecule has 1 N–H and O–H groups in total. The van der Waals surface area contributed by atoms with Crippen LogP contribution in [0.3, 0.4) is 0 Å². The first kappa shape index (κ1) is 16.2. The average Bonchev–Trinajstić information content (AvgIpc) is 3.10. The summed E-state index contributed by atoms with van der Waals surface area (Å²) in [7, 11) is -1.85. The lowest BCUT2D eigenvalue weighted by molar-refractivity contribution is 0.465. The normalized spacial score (nSPS) is 12.1. The largest absolute Gasteiger partial charge is 0.472 e. The van der Waals surface area contributed by atoms with Crippen LogP contribution < -0.4 is 5.32 Å². The van der Waals surface area contributed by atoms with Crippen LogP contribution in [0.4, 0.5) is 0 Å². The fourth-order valence-corrected chi connectivity index (χ4v) is 4.62. The molecule has 0 aliphatic heterocycles. The molecule has 7 heteroatoms. The number of thiophene rings is 1. The zero-order chi connectivity index (χ0) is 15.3. The van der Waals surface area contributed by atoms with E-state index in [-0.39, 0.29) is 0 Å². The maximum atomic E-state index is 12.5. The van der Waals surface area contributed by atoms with E-state index in [1.165, 1.54) is 15.6 Å². The molecule has 0 radical (unpaired) electrons. The summed E-state index contributed by atoms with van der Waals surface area (Å²) in [6, 6.07) is 5.34. The third kappa shape index (κ3) is 4.16. The number of rotatable bonds is 8. The molecular formula is C14H20N2O3S2. The number of furan rings is 1. The van der Waals surface area contributed by atoms with Crippen molar-refractivity contribution in [3.8, 4) is 0 Å². The van der Waals surface area contributed by atoms with Crippen LogP contribution in [0.15, 0.2) is 39.4 Å². The van der Waals surface area contributed by atoms with Crippen molar-refractivity contribution >= 4 is 21.4 Å². The average molecular weight is 328 g/mol. The molecule has 21 heavy (non-hydrogen) atoms. The summed E-state index contributed by atoms with van der Waals surface area (Å²) in [5, 5.41) is 3.23. The van der Waals surface area contributed by atoms with Crippen molar-refractivity contribution < 1.29 is 12.8 Å². The van der Waals surface area contributed by atoms with Gasteiger partial charge in [0.25, 0.3) is 10.0 Å². The minimum absolute atomic E-state index is 0.309. The molecule has 2 rings (SSSR count). The van der Waals surface area contributed by atoms with E-state index in [1.54, 1.807) is 31.7 Å². The van der Waals surface area contributed by atoms with Gasteiger partial charge in [-0.25, -0.2) is 8.42 Å². The van der Waals surface area contributed by atoms with Gasteiger partial charge >= 0.3 is 0 Å². The van der Waals surface area contributed by atoms with Crippen molar-refractivity contribution in [3.63, 3.8) is 0 Å². The lowest BCUT2D eigenvalue weighted by Crippen LogP contribution is -2.25. The second-order valence-corrected chi connectivity index (χ2v) is 8.16. The smallest absolute Gasteiger partial charge is 0.252 e. The Balaban J connectivity index is 2.04. The molecule has 0 saturated heterocycles. The van der Waals surface area contributed by atoms with E-state index in [4.69, 9.17) is 4.42 Å². The summed E-state index contributed by atoms with van der Waals surface area (Å²) < 4.78 is 31.7. The van der Waals surface area contributed by atoms with Gasteiger partial charge in [-0.3, -0.25) is 0 Å². The van der Waals surface area contributed by atoms with Crippen molar-refractivity contribution in [3.05, 3.63) is 41.2 Å². The molecule has 0 unspecified atom stereocenters. The van der Waals surface area contributed by atoms with Crippen molar-refractivity contribution in [2.45, 2.75) is 24.1 Å². The van der Waals surface area contributed by atoms with Crippen LogP contribution in [0.25, 0.3) is 0 Å². The van der Waals surface area contributed by atoms with Crippen LogP contribution in [0.2, 0.25) is 0 Å². The highest BCUT2D eigenvalue weighted by atomic mass is 32.2. The van der Waals surface area contributed by atoms with Gasteiger partial charge in [0.05, 0.1) is 12.5 Å². The van der Waals surface area contributed by atoms with Crippen molar-refractivity contribution in [1.29, 1.82) is 0 Å². The van der Waals surface area contributed by atoms with Gasteiger partial charge in [0.15, 0.2) is 0 Å². The van der Waals surface area contributed by atoms with Gasteiger partial charge in [-0.05, 0) is 37.7 Å². The van der Waals surface area contributed by atoms with Gasteiger partial charge in [0.1, 0.15) is 4.21 Å². The van der Waals surface area contributed by atoms with Gasteiger partial charge in [-0.1, -0.05) is 6.92 Å². The van der Waals surface area contributed by atoms with E-state index in [2.05, 4.69) is 12.2 Å². The second kappa shape index (κ2) is 7.22. The topological polar surface area (TPSA) is 62.6 Å². The summed E-state index contributed by atoms with van der Waals surface area (Å²) in [5.74, 6) is 0. The second-order valence-electron chi connectivity index (χ2n) is 4.72. The Morgan fingerprint density at radius 3 is 2.81 bits per heavy atom. The molecule has 0 bridgehead atoms. The molecule has 0 fully saturated rings. The fraction of sp³-hybridized carbons (Fsp3) is 0.429. The summed E-state index contributed by atoms with van der Waals surface area (Å²) >= 11 is 1.34. The van der Waals surface area contributed by atoms with Crippen LogP contribution in [0, 0.1) is 0 Å². The molecule has 5 nitrogen and oxygen atoms in total. The van der Waals surface area contributed by atoms with Crippen molar-refractivity contribution in [2.75, 3.05) is 20.1 Å². The molecule has 2 aromatic heterocycles. The number of sulfonamides is 1. The molecule has 0 spiro atoms. The van der Waals surface area contributed by atoms with E-state index in [0.717, 1.165) is 30.0 Å². The Labute approximate surface area is 129 Å². The molecule has 0 saturated carbocycles. The Morgan fingerprint density at radius 1 is 1.33 bits per heavy atom. The minimum Gasteiger partial charge on any atom is -0.472 e. The van der Waals surface area contributed by atoms with Crippen LogP contribution in [0.1, 0.15) is 17.4 Å². The SMILES string of the molecule is CCNCCc1ccc(S(=O)(=O)N(C)Cc2ccoc2)s1. The predicted molar refractivity (Wildman–Crippen MR) is 83.9 cm³/mol.